The van der Waals surface area contributed by atoms with Gasteiger partial charge in [-0.1, -0.05) is 0 Å². The molecule has 0 saturated heterocycles. The Hall–Kier alpha value is -2.31. The Morgan fingerprint density at radius 2 is 2.12 bits per heavy atom. The van der Waals surface area contributed by atoms with Crippen LogP contribution in [0, 0.1) is 0 Å². The molecule has 0 amide bonds. The maximum atomic E-state index is 11.9. The fraction of sp³-hybridized carbons (Fsp3) is 0.300. The van der Waals surface area contributed by atoms with Crippen molar-refractivity contribution >= 4 is 17.1 Å². The second-order valence-corrected chi connectivity index (χ2v) is 3.21. The summed E-state index contributed by atoms with van der Waals surface area (Å²) in [4.78, 5) is 34.9. The summed E-state index contributed by atoms with van der Waals surface area (Å²) in [6.07, 6.45) is 4.11. The standard InChI is InChI=1S/C10H10N4O3/c1-2-17-7(15)5-14-6-13-9-8(10(14)16)11-3-4-12-9/h3-4,6H,2,5H2,1H3. The highest BCUT2D eigenvalue weighted by molar-refractivity contribution is 5.70. The molecule has 0 aliphatic heterocycles. The molecule has 17 heavy (non-hydrogen) atoms. The third-order valence-electron chi connectivity index (χ3n) is 2.07. The average Bonchev–Trinajstić information content (AvgIpc) is 2.33. The number of aromatic nitrogens is 4. The zero-order valence-corrected chi connectivity index (χ0v) is 9.16. The minimum absolute atomic E-state index is 0.138. The first-order chi connectivity index (χ1) is 8.22. The lowest BCUT2D eigenvalue weighted by molar-refractivity contribution is -0.143. The number of hydrogen-bond acceptors (Lipinski definition) is 6. The Balaban J connectivity index is 2.39. The normalized spacial score (nSPS) is 10.4. The number of ether oxygens (including phenoxy) is 1. The number of hydrogen-bond donors (Lipinski definition) is 0. The van der Waals surface area contributed by atoms with E-state index in [0.29, 0.717) is 0 Å². The molecule has 0 N–H and O–H groups in total. The van der Waals surface area contributed by atoms with E-state index in [1.807, 2.05) is 0 Å². The lowest BCUT2D eigenvalue weighted by atomic mass is 10.5. The van der Waals surface area contributed by atoms with Crippen molar-refractivity contribution in [1.82, 2.24) is 19.5 Å². The van der Waals surface area contributed by atoms with E-state index in [1.165, 1.54) is 18.7 Å². The average molecular weight is 234 g/mol. The van der Waals surface area contributed by atoms with Crippen molar-refractivity contribution in [2.75, 3.05) is 6.61 Å². The molecule has 0 radical (unpaired) electrons. The van der Waals surface area contributed by atoms with Crippen LogP contribution in [0.5, 0.6) is 0 Å². The van der Waals surface area contributed by atoms with Crippen LogP contribution in [0.2, 0.25) is 0 Å². The van der Waals surface area contributed by atoms with Crippen molar-refractivity contribution in [3.05, 3.63) is 29.1 Å². The van der Waals surface area contributed by atoms with E-state index >= 15 is 0 Å². The van der Waals surface area contributed by atoms with Gasteiger partial charge in [-0.05, 0) is 6.92 Å². The first-order valence-corrected chi connectivity index (χ1v) is 5.04. The molecule has 0 bridgehead atoms. The first kappa shape index (κ1) is 11.2. The number of esters is 1. The second kappa shape index (κ2) is 4.69. The fourth-order valence-electron chi connectivity index (χ4n) is 1.35. The molecule has 2 heterocycles. The van der Waals surface area contributed by atoms with Gasteiger partial charge in [0.05, 0.1) is 6.61 Å². The maximum Gasteiger partial charge on any atom is 0.326 e. The highest BCUT2D eigenvalue weighted by atomic mass is 16.5. The number of carbonyl (C=O) groups excluding carboxylic acids is 1. The van der Waals surface area contributed by atoms with Crippen LogP contribution in [0.15, 0.2) is 23.5 Å². The lowest BCUT2D eigenvalue weighted by Crippen LogP contribution is -2.26. The molecular weight excluding hydrogens is 224 g/mol. The van der Waals surface area contributed by atoms with Crippen molar-refractivity contribution in [2.24, 2.45) is 0 Å². The minimum atomic E-state index is -0.486. The van der Waals surface area contributed by atoms with Gasteiger partial charge in [0.25, 0.3) is 5.56 Å². The minimum Gasteiger partial charge on any atom is -0.465 e. The molecule has 2 rings (SSSR count). The Bertz CT molecular complexity index is 608. The van der Waals surface area contributed by atoms with Gasteiger partial charge in [0.15, 0.2) is 11.2 Å². The Morgan fingerprint density at radius 1 is 1.35 bits per heavy atom. The second-order valence-electron chi connectivity index (χ2n) is 3.21. The van der Waals surface area contributed by atoms with Gasteiger partial charge in [-0.2, -0.15) is 0 Å². The zero-order valence-electron chi connectivity index (χ0n) is 9.16. The molecule has 2 aromatic heterocycles. The molecule has 0 saturated carbocycles. The number of rotatable bonds is 3. The van der Waals surface area contributed by atoms with E-state index in [2.05, 4.69) is 15.0 Å². The number of carbonyl (C=O) groups is 1. The van der Waals surface area contributed by atoms with Crippen LogP contribution in [0.3, 0.4) is 0 Å². The van der Waals surface area contributed by atoms with E-state index in [1.54, 1.807) is 6.92 Å². The molecule has 0 aliphatic carbocycles. The Labute approximate surface area is 96.1 Å². The molecule has 88 valence electrons. The molecule has 2 aromatic rings. The van der Waals surface area contributed by atoms with Crippen molar-refractivity contribution in [2.45, 2.75) is 13.5 Å². The van der Waals surface area contributed by atoms with Gasteiger partial charge in [-0.25, -0.2) is 15.0 Å². The summed E-state index contributed by atoms with van der Waals surface area (Å²) in [5.74, 6) is -0.486. The molecule has 0 aliphatic rings. The quantitative estimate of drug-likeness (QED) is 0.680. The van der Waals surface area contributed by atoms with E-state index in [0.717, 1.165) is 4.57 Å². The molecule has 0 fully saturated rings. The van der Waals surface area contributed by atoms with Crippen LogP contribution in [0.25, 0.3) is 11.2 Å². The fourth-order valence-corrected chi connectivity index (χ4v) is 1.35. The third kappa shape index (κ3) is 2.27. The van der Waals surface area contributed by atoms with Gasteiger partial charge in [0, 0.05) is 12.4 Å². The Morgan fingerprint density at radius 3 is 2.88 bits per heavy atom. The topological polar surface area (TPSA) is 87.0 Å². The van der Waals surface area contributed by atoms with Gasteiger partial charge >= 0.3 is 5.97 Å². The van der Waals surface area contributed by atoms with Gasteiger partial charge in [-0.15, -0.1) is 0 Å². The van der Waals surface area contributed by atoms with Crippen LogP contribution in [0.4, 0.5) is 0 Å². The monoisotopic (exact) mass is 234 g/mol. The van der Waals surface area contributed by atoms with Crippen molar-refractivity contribution < 1.29 is 9.53 Å². The van der Waals surface area contributed by atoms with Crippen LogP contribution < -0.4 is 5.56 Å². The van der Waals surface area contributed by atoms with Crippen LogP contribution in [-0.4, -0.2) is 32.1 Å². The maximum absolute atomic E-state index is 11.9. The zero-order chi connectivity index (χ0) is 12.3. The van der Waals surface area contributed by atoms with Gasteiger partial charge < -0.3 is 4.74 Å². The lowest BCUT2D eigenvalue weighted by Gasteiger charge is -2.04. The van der Waals surface area contributed by atoms with Gasteiger partial charge in [0.2, 0.25) is 0 Å². The highest BCUT2D eigenvalue weighted by Gasteiger charge is 2.09. The van der Waals surface area contributed by atoms with Crippen LogP contribution >= 0.6 is 0 Å². The highest BCUT2D eigenvalue weighted by Crippen LogP contribution is 1.97. The number of fused-ring (bicyclic) bond motifs is 1. The predicted octanol–water partition coefficient (Wildman–Crippen LogP) is -0.250. The largest absolute Gasteiger partial charge is 0.465 e. The van der Waals surface area contributed by atoms with Gasteiger partial charge in [-0.3, -0.25) is 14.2 Å². The predicted molar refractivity (Wildman–Crippen MR) is 58.2 cm³/mol. The molecule has 7 nitrogen and oxygen atoms in total. The summed E-state index contributed by atoms with van der Waals surface area (Å²) in [6, 6.07) is 0. The van der Waals surface area contributed by atoms with E-state index in [9.17, 15) is 9.59 Å². The molecule has 0 unspecified atom stereocenters. The van der Waals surface area contributed by atoms with E-state index in [-0.39, 0.29) is 24.3 Å². The SMILES string of the molecule is CCOC(=O)Cn1cnc2nccnc2c1=O. The third-order valence-corrected chi connectivity index (χ3v) is 2.07. The number of nitrogens with zero attached hydrogens (tertiary/aromatic N) is 4. The van der Waals surface area contributed by atoms with Crippen molar-refractivity contribution in [1.29, 1.82) is 0 Å². The smallest absolute Gasteiger partial charge is 0.326 e. The first-order valence-electron chi connectivity index (χ1n) is 5.04. The molecule has 7 heteroatoms. The summed E-state index contributed by atoms with van der Waals surface area (Å²) in [6.45, 7) is 1.80. The Kier molecular flexibility index (Phi) is 3.08. The van der Waals surface area contributed by atoms with E-state index < -0.39 is 11.5 Å². The summed E-state index contributed by atoms with van der Waals surface area (Å²) >= 11 is 0. The summed E-state index contributed by atoms with van der Waals surface area (Å²) in [7, 11) is 0. The molecule has 0 aromatic carbocycles. The summed E-state index contributed by atoms with van der Waals surface area (Å²) < 4.78 is 5.90. The van der Waals surface area contributed by atoms with Crippen molar-refractivity contribution in [3.8, 4) is 0 Å². The van der Waals surface area contributed by atoms with Crippen molar-refractivity contribution in [3.63, 3.8) is 0 Å². The molecule has 0 spiro atoms. The van der Waals surface area contributed by atoms with Gasteiger partial charge in [0.1, 0.15) is 12.9 Å². The summed E-state index contributed by atoms with van der Waals surface area (Å²) in [5.41, 5.74) is -0.00643. The molecule has 0 atom stereocenters. The summed E-state index contributed by atoms with van der Waals surface area (Å²) in [5, 5.41) is 0. The van der Waals surface area contributed by atoms with Crippen LogP contribution in [-0.2, 0) is 16.1 Å². The van der Waals surface area contributed by atoms with Crippen LogP contribution in [0.1, 0.15) is 6.92 Å². The van der Waals surface area contributed by atoms with E-state index in [4.69, 9.17) is 4.74 Å². The molecular formula is C10H10N4O3.